The van der Waals surface area contributed by atoms with Crippen molar-refractivity contribution in [1.29, 1.82) is 0 Å². The van der Waals surface area contributed by atoms with E-state index in [0.717, 1.165) is 12.0 Å². The van der Waals surface area contributed by atoms with Gasteiger partial charge in [-0.25, -0.2) is 4.39 Å². The minimum atomic E-state index is -0.174. The van der Waals surface area contributed by atoms with Gasteiger partial charge in [0.15, 0.2) is 0 Å². The fourth-order valence-corrected chi connectivity index (χ4v) is 1.51. The van der Waals surface area contributed by atoms with E-state index in [0.29, 0.717) is 11.3 Å². The summed E-state index contributed by atoms with van der Waals surface area (Å²) in [5.74, 6) is -0.0299. The van der Waals surface area contributed by atoms with Crippen molar-refractivity contribution < 1.29 is 4.39 Å². The monoisotopic (exact) mass is 181 g/mol. The number of aryl methyl sites for hydroxylation is 1. The smallest absolute Gasteiger partial charge is 0.128 e. The molecule has 0 saturated carbocycles. The van der Waals surface area contributed by atoms with Gasteiger partial charge in [-0.05, 0) is 30.0 Å². The Balaban J connectivity index is 3.23. The zero-order valence-corrected chi connectivity index (χ0v) is 8.39. The van der Waals surface area contributed by atoms with Crippen LogP contribution in [0.4, 0.5) is 10.1 Å². The van der Waals surface area contributed by atoms with Crippen LogP contribution in [0.5, 0.6) is 0 Å². The van der Waals surface area contributed by atoms with E-state index in [9.17, 15) is 4.39 Å². The summed E-state index contributed by atoms with van der Waals surface area (Å²) >= 11 is 0. The quantitative estimate of drug-likeness (QED) is 0.697. The van der Waals surface area contributed by atoms with E-state index in [1.165, 1.54) is 0 Å². The largest absolute Gasteiger partial charge is 0.398 e. The first-order valence-electron chi connectivity index (χ1n) is 4.64. The molecule has 2 heteroatoms. The molecule has 0 aliphatic rings. The Bertz CT molecular complexity index is 282. The standard InChI is InChI=1S/C11H16FN/c1-4-8-5-9(12)11(7(2)3)10(13)6-8/h5-7H,4,13H2,1-3H3. The normalized spacial score (nSPS) is 10.8. The van der Waals surface area contributed by atoms with Crippen LogP contribution < -0.4 is 5.73 Å². The van der Waals surface area contributed by atoms with Crippen molar-refractivity contribution >= 4 is 5.69 Å². The molecule has 0 bridgehead atoms. The molecule has 0 amide bonds. The Morgan fingerprint density at radius 2 is 2.00 bits per heavy atom. The molecule has 0 aliphatic heterocycles. The number of nitrogen functional groups attached to an aromatic ring is 1. The number of hydrogen-bond acceptors (Lipinski definition) is 1. The van der Waals surface area contributed by atoms with Crippen LogP contribution in [0.25, 0.3) is 0 Å². The summed E-state index contributed by atoms with van der Waals surface area (Å²) in [5.41, 5.74) is 7.93. The lowest BCUT2D eigenvalue weighted by Gasteiger charge is -2.12. The summed E-state index contributed by atoms with van der Waals surface area (Å²) in [7, 11) is 0. The van der Waals surface area contributed by atoms with E-state index in [4.69, 9.17) is 5.73 Å². The van der Waals surface area contributed by atoms with E-state index in [-0.39, 0.29) is 11.7 Å². The van der Waals surface area contributed by atoms with E-state index in [1.54, 1.807) is 6.07 Å². The van der Waals surface area contributed by atoms with Gasteiger partial charge in [0.1, 0.15) is 5.82 Å². The average Bonchev–Trinajstić information content (AvgIpc) is 2.02. The zero-order valence-electron chi connectivity index (χ0n) is 8.39. The molecular formula is C11H16FN. The van der Waals surface area contributed by atoms with Crippen LogP contribution in [0.2, 0.25) is 0 Å². The first-order valence-corrected chi connectivity index (χ1v) is 4.64. The minimum Gasteiger partial charge on any atom is -0.398 e. The van der Waals surface area contributed by atoms with Crippen LogP contribution in [0.15, 0.2) is 12.1 Å². The highest BCUT2D eigenvalue weighted by molar-refractivity contribution is 5.51. The maximum atomic E-state index is 13.5. The van der Waals surface area contributed by atoms with Crippen molar-refractivity contribution in [3.8, 4) is 0 Å². The average molecular weight is 181 g/mol. The van der Waals surface area contributed by atoms with E-state index in [2.05, 4.69) is 0 Å². The van der Waals surface area contributed by atoms with Gasteiger partial charge in [-0.15, -0.1) is 0 Å². The molecule has 1 aromatic carbocycles. The van der Waals surface area contributed by atoms with E-state index in [1.807, 2.05) is 26.8 Å². The lowest BCUT2D eigenvalue weighted by molar-refractivity contribution is 0.598. The molecule has 1 nitrogen and oxygen atoms in total. The molecule has 2 N–H and O–H groups in total. The maximum Gasteiger partial charge on any atom is 0.128 e. The highest BCUT2D eigenvalue weighted by atomic mass is 19.1. The van der Waals surface area contributed by atoms with Gasteiger partial charge in [-0.2, -0.15) is 0 Å². The third kappa shape index (κ3) is 2.00. The number of halogens is 1. The molecule has 0 spiro atoms. The van der Waals surface area contributed by atoms with Crippen LogP contribution in [0.1, 0.15) is 37.8 Å². The third-order valence-electron chi connectivity index (χ3n) is 2.21. The second-order valence-corrected chi connectivity index (χ2v) is 3.59. The van der Waals surface area contributed by atoms with Gasteiger partial charge in [0.05, 0.1) is 0 Å². The number of hydrogen-bond donors (Lipinski definition) is 1. The number of rotatable bonds is 2. The van der Waals surface area contributed by atoms with Crippen LogP contribution in [0.3, 0.4) is 0 Å². The first kappa shape index (κ1) is 10.0. The molecular weight excluding hydrogens is 165 g/mol. The SMILES string of the molecule is CCc1cc(N)c(C(C)C)c(F)c1. The highest BCUT2D eigenvalue weighted by Gasteiger charge is 2.11. The lowest BCUT2D eigenvalue weighted by atomic mass is 9.98. The van der Waals surface area contributed by atoms with Gasteiger partial charge in [0.2, 0.25) is 0 Å². The highest BCUT2D eigenvalue weighted by Crippen LogP contribution is 2.26. The van der Waals surface area contributed by atoms with Crippen LogP contribution in [-0.4, -0.2) is 0 Å². The zero-order chi connectivity index (χ0) is 10.0. The summed E-state index contributed by atoms with van der Waals surface area (Å²) in [6, 6.07) is 3.43. The fraction of sp³-hybridized carbons (Fsp3) is 0.455. The summed E-state index contributed by atoms with van der Waals surface area (Å²) in [4.78, 5) is 0. The van der Waals surface area contributed by atoms with Gasteiger partial charge in [0, 0.05) is 11.3 Å². The molecule has 0 saturated heterocycles. The number of benzene rings is 1. The molecule has 0 heterocycles. The van der Waals surface area contributed by atoms with Crippen LogP contribution in [-0.2, 0) is 6.42 Å². The second-order valence-electron chi connectivity index (χ2n) is 3.59. The Hall–Kier alpha value is -1.05. The van der Waals surface area contributed by atoms with Crippen molar-refractivity contribution in [3.05, 3.63) is 29.1 Å². The Morgan fingerprint density at radius 1 is 1.38 bits per heavy atom. The van der Waals surface area contributed by atoms with Crippen molar-refractivity contribution in [3.63, 3.8) is 0 Å². The van der Waals surface area contributed by atoms with Gasteiger partial charge in [0.25, 0.3) is 0 Å². The topological polar surface area (TPSA) is 26.0 Å². The molecule has 0 fully saturated rings. The molecule has 1 aromatic rings. The molecule has 13 heavy (non-hydrogen) atoms. The summed E-state index contributed by atoms with van der Waals surface area (Å²) in [6.45, 7) is 5.88. The lowest BCUT2D eigenvalue weighted by Crippen LogP contribution is -2.01. The van der Waals surface area contributed by atoms with Crippen molar-refractivity contribution in [2.45, 2.75) is 33.1 Å². The molecule has 0 radical (unpaired) electrons. The molecule has 0 aromatic heterocycles. The van der Waals surface area contributed by atoms with E-state index < -0.39 is 0 Å². The van der Waals surface area contributed by atoms with E-state index >= 15 is 0 Å². The fourth-order valence-electron chi connectivity index (χ4n) is 1.51. The Morgan fingerprint density at radius 3 is 2.38 bits per heavy atom. The van der Waals surface area contributed by atoms with Gasteiger partial charge in [-0.3, -0.25) is 0 Å². The van der Waals surface area contributed by atoms with Gasteiger partial charge >= 0.3 is 0 Å². The Kier molecular flexibility index (Phi) is 2.91. The number of nitrogens with two attached hydrogens (primary N) is 1. The predicted molar refractivity (Wildman–Crippen MR) is 54.3 cm³/mol. The second kappa shape index (κ2) is 3.77. The van der Waals surface area contributed by atoms with Crippen molar-refractivity contribution in [2.24, 2.45) is 0 Å². The number of anilines is 1. The summed E-state index contributed by atoms with van der Waals surface area (Å²) in [6.07, 6.45) is 0.819. The maximum absolute atomic E-state index is 13.5. The van der Waals surface area contributed by atoms with Crippen LogP contribution in [0, 0.1) is 5.82 Å². The Labute approximate surface area is 78.8 Å². The molecule has 0 aliphatic carbocycles. The summed E-state index contributed by atoms with van der Waals surface area (Å²) in [5, 5.41) is 0. The molecule has 0 atom stereocenters. The van der Waals surface area contributed by atoms with Crippen LogP contribution >= 0.6 is 0 Å². The van der Waals surface area contributed by atoms with Crippen molar-refractivity contribution in [2.75, 3.05) is 5.73 Å². The molecule has 0 unspecified atom stereocenters. The van der Waals surface area contributed by atoms with Crippen molar-refractivity contribution in [1.82, 2.24) is 0 Å². The molecule has 1 rings (SSSR count). The molecule has 72 valence electrons. The minimum absolute atomic E-state index is 0.144. The predicted octanol–water partition coefficient (Wildman–Crippen LogP) is 3.09. The third-order valence-corrected chi connectivity index (χ3v) is 2.21. The summed E-state index contributed by atoms with van der Waals surface area (Å²) < 4.78 is 13.5. The first-order chi connectivity index (χ1) is 6.06. The van der Waals surface area contributed by atoms with Gasteiger partial charge < -0.3 is 5.73 Å². The van der Waals surface area contributed by atoms with Gasteiger partial charge in [-0.1, -0.05) is 20.8 Å².